The molecule has 0 aromatic heterocycles. The number of carbonyl (C=O) groups excluding carboxylic acids is 2. The van der Waals surface area contributed by atoms with E-state index in [-0.39, 0.29) is 11.7 Å². The van der Waals surface area contributed by atoms with Crippen LogP contribution in [0.5, 0.6) is 0 Å². The second-order valence-corrected chi connectivity index (χ2v) is 5.67. The quantitative estimate of drug-likeness (QED) is 0.779. The molecule has 1 aliphatic rings. The molecule has 5 nitrogen and oxygen atoms in total. The van der Waals surface area contributed by atoms with Crippen LogP contribution in [-0.4, -0.2) is 49.3 Å². The number of Topliss-reactive ketones (excluding diaryl/α,β-unsaturated/α-hetero) is 1. The van der Waals surface area contributed by atoms with Crippen LogP contribution in [0, 0.1) is 0 Å². The van der Waals surface area contributed by atoms with E-state index in [2.05, 4.69) is 10.6 Å². The van der Waals surface area contributed by atoms with Crippen LogP contribution in [0.1, 0.15) is 30.1 Å². The molecule has 1 unspecified atom stereocenters. The second-order valence-electron chi connectivity index (χ2n) is 5.67. The molecule has 114 valence electrons. The largest absolute Gasteiger partial charge is 0.325 e. The lowest BCUT2D eigenvalue weighted by Crippen LogP contribution is -2.39. The summed E-state index contributed by atoms with van der Waals surface area (Å²) in [4.78, 5) is 25.2. The van der Waals surface area contributed by atoms with Gasteiger partial charge in [-0.2, -0.15) is 0 Å². The van der Waals surface area contributed by atoms with E-state index in [4.69, 9.17) is 0 Å². The van der Waals surface area contributed by atoms with Crippen molar-refractivity contribution in [3.05, 3.63) is 29.8 Å². The molecule has 1 atom stereocenters. The van der Waals surface area contributed by atoms with Crippen LogP contribution >= 0.6 is 0 Å². The lowest BCUT2D eigenvalue weighted by atomic mass is 10.1. The molecule has 5 heteroatoms. The minimum absolute atomic E-state index is 0.0247. The van der Waals surface area contributed by atoms with Crippen molar-refractivity contribution in [3.8, 4) is 0 Å². The Bertz CT molecular complexity index is 493. The van der Waals surface area contributed by atoms with Crippen LogP contribution in [0.4, 0.5) is 5.69 Å². The maximum atomic E-state index is 12.0. The number of anilines is 1. The number of amides is 1. The monoisotopic (exact) mass is 289 g/mol. The van der Waals surface area contributed by atoms with E-state index in [9.17, 15) is 9.59 Å². The van der Waals surface area contributed by atoms with E-state index in [0.717, 1.165) is 18.8 Å². The highest BCUT2D eigenvalue weighted by molar-refractivity contribution is 5.96. The van der Waals surface area contributed by atoms with Crippen molar-refractivity contribution in [1.82, 2.24) is 10.2 Å². The van der Waals surface area contributed by atoms with Crippen LogP contribution in [-0.2, 0) is 4.79 Å². The minimum Gasteiger partial charge on any atom is -0.325 e. The fraction of sp³-hybridized carbons (Fsp3) is 0.500. The molecule has 1 aromatic carbocycles. The van der Waals surface area contributed by atoms with Gasteiger partial charge in [-0.15, -0.1) is 0 Å². The summed E-state index contributed by atoms with van der Waals surface area (Å²) < 4.78 is 0. The fourth-order valence-corrected chi connectivity index (χ4v) is 2.59. The van der Waals surface area contributed by atoms with Gasteiger partial charge in [0.05, 0.1) is 6.54 Å². The van der Waals surface area contributed by atoms with Gasteiger partial charge in [-0.05, 0) is 57.6 Å². The molecule has 1 saturated heterocycles. The van der Waals surface area contributed by atoms with Crippen molar-refractivity contribution in [2.45, 2.75) is 25.8 Å². The van der Waals surface area contributed by atoms with Gasteiger partial charge in [0.15, 0.2) is 5.78 Å². The van der Waals surface area contributed by atoms with Crippen molar-refractivity contribution in [3.63, 3.8) is 0 Å². The Balaban J connectivity index is 1.79. The number of hydrogen-bond acceptors (Lipinski definition) is 4. The molecule has 0 spiro atoms. The van der Waals surface area contributed by atoms with Crippen LogP contribution < -0.4 is 10.6 Å². The number of hydrogen-bond donors (Lipinski definition) is 2. The molecule has 1 aromatic rings. The van der Waals surface area contributed by atoms with Crippen molar-refractivity contribution in [2.75, 3.05) is 32.0 Å². The topological polar surface area (TPSA) is 61.4 Å². The Kier molecular flexibility index (Phi) is 5.47. The van der Waals surface area contributed by atoms with E-state index in [1.54, 1.807) is 24.3 Å². The summed E-state index contributed by atoms with van der Waals surface area (Å²) in [7, 11) is 1.96. The highest BCUT2D eigenvalue weighted by Gasteiger charge is 2.17. The van der Waals surface area contributed by atoms with E-state index < -0.39 is 0 Å². The van der Waals surface area contributed by atoms with Crippen LogP contribution in [0.3, 0.4) is 0 Å². The standard InChI is InChI=1S/C16H23N3O2/c1-12(20)13-5-7-14(8-6-13)18-16(21)11-19(2)10-15-4-3-9-17-15/h5-8,15,17H,3-4,9-11H2,1-2H3,(H,18,21). The number of ketones is 1. The Morgan fingerprint density at radius 3 is 2.62 bits per heavy atom. The number of likely N-dealkylation sites (N-methyl/N-ethyl adjacent to an activating group) is 1. The molecule has 1 fully saturated rings. The third kappa shape index (κ3) is 4.95. The molecule has 2 N–H and O–H groups in total. The lowest BCUT2D eigenvalue weighted by Gasteiger charge is -2.20. The third-order valence-corrected chi connectivity index (χ3v) is 3.68. The first-order valence-corrected chi connectivity index (χ1v) is 7.37. The van der Waals surface area contributed by atoms with Crippen molar-refractivity contribution in [2.24, 2.45) is 0 Å². The Morgan fingerprint density at radius 2 is 2.05 bits per heavy atom. The zero-order valence-electron chi connectivity index (χ0n) is 12.7. The van der Waals surface area contributed by atoms with E-state index in [0.29, 0.717) is 18.2 Å². The number of carbonyl (C=O) groups is 2. The van der Waals surface area contributed by atoms with Crippen LogP contribution in [0.2, 0.25) is 0 Å². The summed E-state index contributed by atoms with van der Waals surface area (Å²) >= 11 is 0. The predicted octanol–water partition coefficient (Wildman–Crippen LogP) is 1.51. The third-order valence-electron chi connectivity index (χ3n) is 3.68. The Morgan fingerprint density at radius 1 is 1.33 bits per heavy atom. The summed E-state index contributed by atoms with van der Waals surface area (Å²) in [5, 5.41) is 6.27. The van der Waals surface area contributed by atoms with Gasteiger partial charge in [0.1, 0.15) is 0 Å². The average Bonchev–Trinajstić information content (AvgIpc) is 2.91. The number of nitrogens with one attached hydrogen (secondary N) is 2. The molecular weight excluding hydrogens is 266 g/mol. The first-order valence-electron chi connectivity index (χ1n) is 7.37. The van der Waals surface area contributed by atoms with E-state index in [1.165, 1.54) is 19.8 Å². The van der Waals surface area contributed by atoms with Gasteiger partial charge in [0.25, 0.3) is 0 Å². The Labute approximate surface area is 125 Å². The maximum Gasteiger partial charge on any atom is 0.238 e. The zero-order valence-corrected chi connectivity index (χ0v) is 12.7. The van der Waals surface area contributed by atoms with E-state index >= 15 is 0 Å². The van der Waals surface area contributed by atoms with Crippen molar-refractivity contribution >= 4 is 17.4 Å². The first-order chi connectivity index (χ1) is 10.0. The molecule has 2 rings (SSSR count). The van der Waals surface area contributed by atoms with Gasteiger partial charge in [0, 0.05) is 23.8 Å². The van der Waals surface area contributed by atoms with Crippen LogP contribution in [0.15, 0.2) is 24.3 Å². The molecule has 1 aliphatic heterocycles. The summed E-state index contributed by atoms with van der Waals surface area (Å²) in [6, 6.07) is 7.46. The normalized spacial score (nSPS) is 18.0. The number of nitrogens with zero attached hydrogens (tertiary/aromatic N) is 1. The molecule has 1 amide bonds. The van der Waals surface area contributed by atoms with Crippen LogP contribution in [0.25, 0.3) is 0 Å². The fourth-order valence-electron chi connectivity index (χ4n) is 2.59. The number of benzene rings is 1. The highest BCUT2D eigenvalue weighted by atomic mass is 16.2. The Hall–Kier alpha value is -1.72. The van der Waals surface area contributed by atoms with Gasteiger partial charge in [-0.1, -0.05) is 0 Å². The predicted molar refractivity (Wildman–Crippen MR) is 83.6 cm³/mol. The summed E-state index contributed by atoms with van der Waals surface area (Å²) in [5.74, 6) is -0.0113. The minimum atomic E-state index is -0.0360. The molecule has 21 heavy (non-hydrogen) atoms. The summed E-state index contributed by atoms with van der Waals surface area (Å²) in [6.07, 6.45) is 2.39. The molecule has 1 heterocycles. The van der Waals surface area contributed by atoms with Gasteiger partial charge in [-0.25, -0.2) is 0 Å². The molecular formula is C16H23N3O2. The first kappa shape index (κ1) is 15.7. The summed E-state index contributed by atoms with van der Waals surface area (Å²) in [5.41, 5.74) is 1.37. The molecule has 0 saturated carbocycles. The maximum absolute atomic E-state index is 12.0. The van der Waals surface area contributed by atoms with Gasteiger partial charge >= 0.3 is 0 Å². The molecule has 0 aliphatic carbocycles. The SMILES string of the molecule is CC(=O)c1ccc(NC(=O)CN(C)CC2CCCN2)cc1. The molecule has 0 bridgehead atoms. The van der Waals surface area contributed by atoms with E-state index in [1.807, 2.05) is 11.9 Å². The lowest BCUT2D eigenvalue weighted by molar-refractivity contribution is -0.117. The molecule has 0 radical (unpaired) electrons. The van der Waals surface area contributed by atoms with Crippen molar-refractivity contribution < 1.29 is 9.59 Å². The average molecular weight is 289 g/mol. The smallest absolute Gasteiger partial charge is 0.238 e. The van der Waals surface area contributed by atoms with Gasteiger partial charge < -0.3 is 10.6 Å². The number of rotatable bonds is 6. The summed E-state index contributed by atoms with van der Waals surface area (Å²) in [6.45, 7) is 3.86. The highest BCUT2D eigenvalue weighted by Crippen LogP contribution is 2.10. The zero-order chi connectivity index (χ0) is 15.2. The van der Waals surface area contributed by atoms with Crippen molar-refractivity contribution in [1.29, 1.82) is 0 Å². The van der Waals surface area contributed by atoms with Gasteiger partial charge in [-0.3, -0.25) is 14.5 Å². The second kappa shape index (κ2) is 7.33. The van der Waals surface area contributed by atoms with Gasteiger partial charge in [0.2, 0.25) is 5.91 Å².